The van der Waals surface area contributed by atoms with Gasteiger partial charge in [-0.3, -0.25) is 9.69 Å². The number of aliphatic hydroxyl groups excluding tert-OH is 1. The molecule has 0 bridgehead atoms. The molecule has 3 atom stereocenters. The van der Waals surface area contributed by atoms with E-state index in [9.17, 15) is 14.3 Å². The minimum absolute atomic E-state index is 0.0661. The third-order valence-corrected chi connectivity index (χ3v) is 9.14. The van der Waals surface area contributed by atoms with Crippen LogP contribution in [0.4, 0.5) is 4.39 Å². The zero-order valence-electron chi connectivity index (χ0n) is 21.7. The maximum Gasteiger partial charge on any atom is 0.225 e. The molecule has 196 valence electrons. The van der Waals surface area contributed by atoms with Crippen LogP contribution in [0.25, 0.3) is 10.9 Å². The first-order valence-electron chi connectivity index (χ1n) is 13.5. The molecule has 1 unspecified atom stereocenters. The number of hydrogen-bond donors (Lipinski definition) is 2. The molecule has 2 N–H and O–H groups in total. The number of aromatic nitrogens is 1. The predicted octanol–water partition coefficient (Wildman–Crippen LogP) is 4.91. The highest BCUT2D eigenvalue weighted by Gasteiger charge is 2.50. The number of likely N-dealkylation sites (tertiary alicyclic amines) is 1. The fraction of sp³-hybridized carbons (Fsp3) is 0.500. The Labute approximate surface area is 217 Å². The van der Waals surface area contributed by atoms with E-state index in [0.717, 1.165) is 61.0 Å². The first-order chi connectivity index (χ1) is 17.9. The van der Waals surface area contributed by atoms with Crippen molar-refractivity contribution in [1.29, 1.82) is 0 Å². The number of ether oxygens (including phenoxy) is 1. The van der Waals surface area contributed by atoms with Gasteiger partial charge in [0, 0.05) is 65.2 Å². The highest BCUT2D eigenvalue weighted by atomic mass is 19.1. The molecule has 3 heterocycles. The first kappa shape index (κ1) is 24.4. The lowest BCUT2D eigenvalue weighted by molar-refractivity contribution is -0.143. The molecule has 1 aliphatic carbocycles. The molecule has 2 aromatic carbocycles. The van der Waals surface area contributed by atoms with E-state index in [1.54, 1.807) is 13.2 Å². The van der Waals surface area contributed by atoms with E-state index < -0.39 is 0 Å². The number of benzene rings is 2. The third-order valence-electron chi connectivity index (χ3n) is 9.14. The first-order valence-corrected chi connectivity index (χ1v) is 13.5. The van der Waals surface area contributed by atoms with Crippen LogP contribution >= 0.6 is 0 Å². The van der Waals surface area contributed by atoms with Gasteiger partial charge in [-0.15, -0.1) is 0 Å². The number of nitrogens with zero attached hydrogens (tertiary/aromatic N) is 2. The van der Waals surface area contributed by atoms with E-state index in [2.05, 4.69) is 27.8 Å². The summed E-state index contributed by atoms with van der Waals surface area (Å²) >= 11 is 0. The summed E-state index contributed by atoms with van der Waals surface area (Å²) in [5, 5.41) is 11.7. The molecule has 2 aliphatic heterocycles. The van der Waals surface area contributed by atoms with Crippen LogP contribution in [-0.4, -0.2) is 58.6 Å². The number of aromatic amines is 1. The third kappa shape index (κ3) is 4.03. The smallest absolute Gasteiger partial charge is 0.225 e. The number of hydrogen-bond acceptors (Lipinski definition) is 4. The van der Waals surface area contributed by atoms with Crippen LogP contribution in [0.2, 0.25) is 0 Å². The molecule has 7 heteroatoms. The molecule has 6 rings (SSSR count). The summed E-state index contributed by atoms with van der Waals surface area (Å²) in [7, 11) is 1.66. The van der Waals surface area contributed by atoms with E-state index in [1.807, 2.05) is 24.3 Å². The maximum atomic E-state index is 14.7. The molecule has 1 aromatic heterocycles. The minimum atomic E-state index is -0.274. The summed E-state index contributed by atoms with van der Waals surface area (Å²) < 4.78 is 20.2. The lowest BCUT2D eigenvalue weighted by Gasteiger charge is -2.53. The van der Waals surface area contributed by atoms with Crippen molar-refractivity contribution in [1.82, 2.24) is 14.8 Å². The standard InChI is InChI=1S/C30H36FN3O3/c1-19-15-30(12-13-34(19)29(36)20-7-5-8-20)18-33(16-21-6-3-4-9-24(21)31)26(17-35)28-27(30)23-11-10-22(37-2)14-25(23)32-28/h3-4,6,9-11,14,19-20,26,32,35H,5,7-8,12-13,15-18H2,1-2H3/t19-,26?,30+/m1/s1. The summed E-state index contributed by atoms with van der Waals surface area (Å²) in [6, 6.07) is 12.8. The number of rotatable bonds is 5. The second-order valence-corrected chi connectivity index (χ2v) is 11.3. The van der Waals surface area contributed by atoms with E-state index in [1.165, 1.54) is 11.6 Å². The second-order valence-electron chi connectivity index (χ2n) is 11.3. The molecule has 1 amide bonds. The fourth-order valence-corrected chi connectivity index (χ4v) is 7.04. The summed E-state index contributed by atoms with van der Waals surface area (Å²) in [6.07, 6.45) is 4.85. The largest absolute Gasteiger partial charge is 0.497 e. The van der Waals surface area contributed by atoms with Gasteiger partial charge >= 0.3 is 0 Å². The summed E-state index contributed by atoms with van der Waals surface area (Å²) in [4.78, 5) is 21.2. The van der Waals surface area contributed by atoms with Gasteiger partial charge in [-0.25, -0.2) is 4.39 Å². The monoisotopic (exact) mass is 505 g/mol. The summed E-state index contributed by atoms with van der Waals surface area (Å²) in [6.45, 7) is 3.94. The number of fused-ring (bicyclic) bond motifs is 4. The van der Waals surface area contributed by atoms with Crippen molar-refractivity contribution in [2.24, 2.45) is 5.92 Å². The Morgan fingerprint density at radius 3 is 2.73 bits per heavy atom. The topological polar surface area (TPSA) is 68.8 Å². The summed E-state index contributed by atoms with van der Waals surface area (Å²) in [5.41, 5.74) is 3.64. The van der Waals surface area contributed by atoms with Gasteiger partial charge in [-0.1, -0.05) is 24.6 Å². The molecule has 37 heavy (non-hydrogen) atoms. The van der Waals surface area contributed by atoms with Crippen molar-refractivity contribution in [2.75, 3.05) is 26.8 Å². The Bertz CT molecular complexity index is 1320. The van der Waals surface area contributed by atoms with Gasteiger partial charge in [0.1, 0.15) is 11.6 Å². The zero-order valence-corrected chi connectivity index (χ0v) is 21.7. The quantitative estimate of drug-likeness (QED) is 0.517. The number of carbonyl (C=O) groups excluding carboxylic acids is 1. The summed E-state index contributed by atoms with van der Waals surface area (Å²) in [5.74, 6) is 1.05. The second kappa shape index (κ2) is 9.44. The number of carbonyl (C=O) groups is 1. The predicted molar refractivity (Wildman–Crippen MR) is 141 cm³/mol. The van der Waals surface area contributed by atoms with Gasteiger partial charge in [0.05, 0.1) is 19.8 Å². The molecular weight excluding hydrogens is 469 g/mol. The van der Waals surface area contributed by atoms with E-state index in [-0.39, 0.29) is 35.8 Å². The highest BCUT2D eigenvalue weighted by Crippen LogP contribution is 2.51. The molecule has 1 saturated carbocycles. The Morgan fingerprint density at radius 2 is 2.05 bits per heavy atom. The fourth-order valence-electron chi connectivity index (χ4n) is 7.04. The Hall–Kier alpha value is -2.90. The number of amides is 1. The van der Waals surface area contributed by atoms with Gasteiger partial charge in [-0.05, 0) is 56.4 Å². The van der Waals surface area contributed by atoms with Crippen LogP contribution in [0.15, 0.2) is 42.5 Å². The van der Waals surface area contributed by atoms with Gasteiger partial charge in [0.15, 0.2) is 0 Å². The number of piperidine rings is 1. The van der Waals surface area contributed by atoms with Crippen molar-refractivity contribution in [3.8, 4) is 5.75 Å². The molecule has 2 fully saturated rings. The Balaban J connectivity index is 1.43. The lowest BCUT2D eigenvalue weighted by atomic mass is 9.66. The number of H-pyrrole nitrogens is 1. The van der Waals surface area contributed by atoms with Crippen molar-refractivity contribution < 1.29 is 19.0 Å². The SMILES string of the molecule is COc1ccc2c3c([nH]c2c1)C(CO)N(Cc1ccccc1F)C[C@@]31CCN(C(=O)C2CCC2)[C@H](C)C1. The molecule has 3 aromatic rings. The molecule has 3 aliphatic rings. The molecular formula is C30H36FN3O3. The van der Waals surface area contributed by atoms with E-state index >= 15 is 0 Å². The lowest BCUT2D eigenvalue weighted by Crippen LogP contribution is -2.58. The maximum absolute atomic E-state index is 14.7. The van der Waals surface area contributed by atoms with Crippen LogP contribution in [0.5, 0.6) is 5.75 Å². The van der Waals surface area contributed by atoms with Crippen LogP contribution in [0.1, 0.15) is 61.9 Å². The highest BCUT2D eigenvalue weighted by molar-refractivity contribution is 5.88. The van der Waals surface area contributed by atoms with Gasteiger partial charge in [0.2, 0.25) is 5.91 Å². The Morgan fingerprint density at radius 1 is 1.24 bits per heavy atom. The normalized spacial score (nSPS) is 26.3. The van der Waals surface area contributed by atoms with Crippen LogP contribution in [0, 0.1) is 11.7 Å². The Kier molecular flexibility index (Phi) is 6.24. The molecule has 1 saturated heterocycles. The van der Waals surface area contributed by atoms with Gasteiger partial charge in [-0.2, -0.15) is 0 Å². The van der Waals surface area contributed by atoms with Crippen LogP contribution in [0.3, 0.4) is 0 Å². The van der Waals surface area contributed by atoms with Crippen molar-refractivity contribution >= 4 is 16.8 Å². The molecule has 1 spiro atoms. The number of nitrogens with one attached hydrogen (secondary N) is 1. The van der Waals surface area contributed by atoms with Crippen molar-refractivity contribution in [3.63, 3.8) is 0 Å². The average Bonchev–Trinajstić information content (AvgIpc) is 3.24. The van der Waals surface area contributed by atoms with E-state index in [0.29, 0.717) is 24.6 Å². The average molecular weight is 506 g/mol. The van der Waals surface area contributed by atoms with E-state index in [4.69, 9.17) is 4.74 Å². The molecule has 6 nitrogen and oxygen atoms in total. The minimum Gasteiger partial charge on any atom is -0.497 e. The number of halogens is 1. The van der Waals surface area contributed by atoms with Crippen LogP contribution in [-0.2, 0) is 16.8 Å². The number of methoxy groups -OCH3 is 1. The zero-order chi connectivity index (χ0) is 25.7. The molecule has 0 radical (unpaired) electrons. The van der Waals surface area contributed by atoms with Gasteiger partial charge in [0.25, 0.3) is 0 Å². The van der Waals surface area contributed by atoms with Gasteiger partial charge < -0.3 is 19.7 Å². The van der Waals surface area contributed by atoms with Crippen LogP contribution < -0.4 is 4.74 Å². The van der Waals surface area contributed by atoms with Crippen molar-refractivity contribution in [3.05, 3.63) is 65.1 Å². The van der Waals surface area contributed by atoms with Crippen molar-refractivity contribution in [2.45, 2.75) is 63.1 Å². The number of aliphatic hydroxyl groups is 1.